The Hall–Kier alpha value is -4.25. The predicted molar refractivity (Wildman–Crippen MR) is 143 cm³/mol. The Balaban J connectivity index is 1.58. The molecule has 0 spiro atoms. The summed E-state index contributed by atoms with van der Waals surface area (Å²) in [5.74, 6) is -2.47. The Morgan fingerprint density at radius 1 is 1.22 bits per heavy atom. The van der Waals surface area contributed by atoms with Crippen LogP contribution in [0.1, 0.15) is 43.2 Å². The maximum Gasteiger partial charge on any atom is 0.405 e. The number of amidine groups is 1. The third kappa shape index (κ3) is 9.42. The number of nitrogens with two attached hydrogens (primary N) is 1. The van der Waals surface area contributed by atoms with Crippen LogP contribution in [0.3, 0.4) is 0 Å². The van der Waals surface area contributed by atoms with Gasteiger partial charge in [0.15, 0.2) is 0 Å². The van der Waals surface area contributed by atoms with Crippen LogP contribution in [0.2, 0.25) is 0 Å². The van der Waals surface area contributed by atoms with E-state index >= 15 is 0 Å². The van der Waals surface area contributed by atoms with E-state index in [1.807, 2.05) is 5.32 Å². The minimum atomic E-state index is -4.40. The molecule has 1 saturated carbocycles. The van der Waals surface area contributed by atoms with Gasteiger partial charge in [-0.05, 0) is 55.7 Å². The van der Waals surface area contributed by atoms with Gasteiger partial charge in [-0.15, -0.1) is 0 Å². The molecule has 2 fully saturated rings. The van der Waals surface area contributed by atoms with Crippen molar-refractivity contribution in [3.05, 3.63) is 59.2 Å². The van der Waals surface area contributed by atoms with Gasteiger partial charge >= 0.3 is 6.18 Å². The molecule has 10 nitrogen and oxygen atoms in total. The van der Waals surface area contributed by atoms with Crippen LogP contribution in [0.4, 0.5) is 17.6 Å². The lowest BCUT2D eigenvalue weighted by atomic mass is 9.84. The molecule has 41 heavy (non-hydrogen) atoms. The monoisotopic (exact) mass is 576 g/mol. The van der Waals surface area contributed by atoms with Crippen molar-refractivity contribution < 1.29 is 27.2 Å². The van der Waals surface area contributed by atoms with Gasteiger partial charge in [-0.25, -0.2) is 4.39 Å². The summed E-state index contributed by atoms with van der Waals surface area (Å²) in [4.78, 5) is 26.0. The second kappa shape index (κ2) is 13.4. The summed E-state index contributed by atoms with van der Waals surface area (Å²) in [6.07, 6.45) is 1.45. The number of halogens is 4. The third-order valence-corrected chi connectivity index (χ3v) is 6.88. The van der Waals surface area contributed by atoms with Crippen LogP contribution in [0.15, 0.2) is 42.2 Å². The molecule has 220 valence electrons. The average molecular weight is 577 g/mol. The number of hydrogen-bond acceptors (Lipinski definition) is 8. The fourth-order valence-corrected chi connectivity index (χ4v) is 4.33. The van der Waals surface area contributed by atoms with E-state index in [9.17, 15) is 32.4 Å². The van der Waals surface area contributed by atoms with Gasteiger partial charge in [0.25, 0.3) is 5.91 Å². The van der Waals surface area contributed by atoms with Crippen molar-refractivity contribution in [2.75, 3.05) is 19.6 Å². The summed E-state index contributed by atoms with van der Waals surface area (Å²) >= 11 is 0. The summed E-state index contributed by atoms with van der Waals surface area (Å²) in [6, 6.07) is 6.47. The number of nitrogens with zero attached hydrogens (tertiary/aromatic N) is 2. The molecule has 1 heterocycles. The number of primary amides is 1. The zero-order valence-corrected chi connectivity index (χ0v) is 22.2. The summed E-state index contributed by atoms with van der Waals surface area (Å²) in [5, 5.41) is 32.9. The Bertz CT molecular complexity index is 1270. The van der Waals surface area contributed by atoms with Crippen molar-refractivity contribution in [2.24, 2.45) is 11.7 Å². The van der Waals surface area contributed by atoms with Crippen molar-refractivity contribution >= 4 is 23.4 Å². The molecule has 0 aromatic heterocycles. The maximum atomic E-state index is 14.7. The first-order valence-electron chi connectivity index (χ1n) is 12.9. The number of piperidine rings is 1. The molecule has 3 rings (SSSR count). The van der Waals surface area contributed by atoms with E-state index in [2.05, 4.69) is 21.6 Å². The van der Waals surface area contributed by atoms with E-state index in [-0.39, 0.29) is 35.1 Å². The lowest BCUT2D eigenvalue weighted by Crippen LogP contribution is -2.51. The molecule has 14 heteroatoms. The molecule has 2 amide bonds. The highest BCUT2D eigenvalue weighted by Crippen LogP contribution is 2.29. The predicted octanol–water partition coefficient (Wildman–Crippen LogP) is 2.57. The molecule has 0 bridgehead atoms. The standard InChI is InChI=1S/C27H32F4N8O2/c28-21-13-17(1-4-19(21)22(33)5-10-36-16-27(29,30)31)15-39-11-7-26(6-9-32,8-12-39)37-14-20(24(35)40)23(34)38-25(41)18-2-3-18/h1,4-5,10,13-14,18,33,36-37H,2-3,6-8,11-12,15-16H2,(H2,35,40)(H2,34,38,41)/b10-5-,20-14+,33-22?. The van der Waals surface area contributed by atoms with E-state index in [0.717, 1.165) is 25.1 Å². The largest absolute Gasteiger partial charge is 0.405 e. The lowest BCUT2D eigenvalue weighted by Gasteiger charge is -2.41. The minimum absolute atomic E-state index is 0.0504. The van der Waals surface area contributed by atoms with Gasteiger partial charge in [-0.2, -0.15) is 18.4 Å². The van der Waals surface area contributed by atoms with Gasteiger partial charge in [-0.3, -0.25) is 19.9 Å². The van der Waals surface area contributed by atoms with Crippen molar-refractivity contribution in [3.8, 4) is 6.07 Å². The first kappa shape index (κ1) is 31.3. The van der Waals surface area contributed by atoms with Crippen LogP contribution in [-0.2, 0) is 16.1 Å². The third-order valence-electron chi connectivity index (χ3n) is 6.88. The second-order valence-electron chi connectivity index (χ2n) is 10.2. The number of nitriles is 1. The van der Waals surface area contributed by atoms with Gasteiger partial charge < -0.3 is 27.1 Å². The number of nitrogens with one attached hydrogen (secondary N) is 5. The van der Waals surface area contributed by atoms with Crippen LogP contribution >= 0.6 is 0 Å². The molecule has 0 unspecified atom stereocenters. The number of likely N-dealkylation sites (tertiary alicyclic amines) is 1. The number of carbonyl (C=O) groups excluding carboxylic acids is 2. The van der Waals surface area contributed by atoms with Gasteiger partial charge in [0.2, 0.25) is 5.91 Å². The van der Waals surface area contributed by atoms with Crippen LogP contribution in [0.25, 0.3) is 0 Å². The Morgan fingerprint density at radius 2 is 1.90 bits per heavy atom. The zero-order valence-electron chi connectivity index (χ0n) is 22.2. The Morgan fingerprint density at radius 3 is 2.46 bits per heavy atom. The minimum Gasteiger partial charge on any atom is -0.384 e. The molecule has 1 aliphatic heterocycles. The molecule has 7 N–H and O–H groups in total. The molecular weight excluding hydrogens is 544 g/mol. The number of alkyl halides is 3. The van der Waals surface area contributed by atoms with Crippen LogP contribution < -0.4 is 21.7 Å². The van der Waals surface area contributed by atoms with Gasteiger partial charge in [0.05, 0.1) is 29.3 Å². The topological polar surface area (TPSA) is 171 Å². The molecule has 0 atom stereocenters. The van der Waals surface area contributed by atoms with Gasteiger partial charge in [0.1, 0.15) is 18.2 Å². The highest BCUT2D eigenvalue weighted by atomic mass is 19.4. The SMILES string of the molecule is N#CCC1(N/C=C(\C(=N)NC(=O)C2CC2)C(N)=O)CCN(Cc2ccc(C(=N)/C=C\NCC(F)(F)F)c(F)c2)CC1. The fraction of sp³-hybridized carbons (Fsp3) is 0.444. The van der Waals surface area contributed by atoms with Crippen molar-refractivity contribution in [1.82, 2.24) is 20.9 Å². The van der Waals surface area contributed by atoms with Crippen LogP contribution in [0, 0.1) is 33.9 Å². The van der Waals surface area contributed by atoms with Crippen molar-refractivity contribution in [1.29, 1.82) is 16.1 Å². The quantitative estimate of drug-likeness (QED) is 0.0966. The number of carbonyl (C=O) groups is 2. The first-order valence-corrected chi connectivity index (χ1v) is 12.9. The number of allylic oxidation sites excluding steroid dienone is 1. The van der Waals surface area contributed by atoms with E-state index in [1.165, 1.54) is 18.3 Å². The zero-order chi connectivity index (χ0) is 30.2. The molecule has 1 aliphatic carbocycles. The molecule has 1 aromatic carbocycles. The van der Waals surface area contributed by atoms with E-state index in [1.54, 1.807) is 6.07 Å². The van der Waals surface area contributed by atoms with Crippen molar-refractivity contribution in [2.45, 2.75) is 50.4 Å². The normalized spacial score (nSPS) is 17.5. The summed E-state index contributed by atoms with van der Waals surface area (Å²) in [6.45, 7) is 0.175. The van der Waals surface area contributed by atoms with Gasteiger partial charge in [-0.1, -0.05) is 6.07 Å². The second-order valence-corrected chi connectivity index (χ2v) is 10.2. The Labute approximate surface area is 234 Å². The smallest absolute Gasteiger partial charge is 0.384 e. The summed E-state index contributed by atoms with van der Waals surface area (Å²) < 4.78 is 51.3. The highest BCUT2D eigenvalue weighted by Gasteiger charge is 2.35. The van der Waals surface area contributed by atoms with E-state index in [0.29, 0.717) is 38.0 Å². The molecule has 0 radical (unpaired) electrons. The van der Waals surface area contributed by atoms with Crippen LogP contribution in [-0.4, -0.2) is 59.6 Å². The van der Waals surface area contributed by atoms with E-state index < -0.39 is 35.8 Å². The summed E-state index contributed by atoms with van der Waals surface area (Å²) in [7, 11) is 0. The molecule has 2 aliphatic rings. The average Bonchev–Trinajstić information content (AvgIpc) is 3.73. The summed E-state index contributed by atoms with van der Waals surface area (Å²) in [5.41, 5.74) is 4.82. The molecule has 1 saturated heterocycles. The molecular formula is C27H32F4N8O2. The van der Waals surface area contributed by atoms with Crippen LogP contribution in [0.5, 0.6) is 0 Å². The Kier molecular flexibility index (Phi) is 10.2. The number of rotatable bonds is 12. The first-order chi connectivity index (χ1) is 19.3. The molecule has 1 aromatic rings. The maximum absolute atomic E-state index is 14.7. The van der Waals surface area contributed by atoms with E-state index in [4.69, 9.17) is 16.6 Å². The van der Waals surface area contributed by atoms with Gasteiger partial charge in [0, 0.05) is 37.3 Å². The number of hydrogen-bond donors (Lipinski definition) is 6. The number of amides is 2. The van der Waals surface area contributed by atoms with Crippen molar-refractivity contribution in [3.63, 3.8) is 0 Å². The highest BCUT2D eigenvalue weighted by molar-refractivity contribution is 6.22. The fourth-order valence-electron chi connectivity index (χ4n) is 4.33. The lowest BCUT2D eigenvalue weighted by molar-refractivity contribution is -0.123. The number of benzene rings is 1.